The molecule has 1 aliphatic rings. The van der Waals surface area contributed by atoms with E-state index in [1.54, 1.807) is 6.07 Å². The van der Waals surface area contributed by atoms with Crippen LogP contribution in [0.4, 0.5) is 11.5 Å². The van der Waals surface area contributed by atoms with Crippen LogP contribution in [0.15, 0.2) is 36.4 Å². The van der Waals surface area contributed by atoms with E-state index in [0.29, 0.717) is 29.7 Å². The van der Waals surface area contributed by atoms with Gasteiger partial charge in [0.2, 0.25) is 5.88 Å². The molecule has 0 aliphatic carbocycles. The van der Waals surface area contributed by atoms with E-state index in [1.807, 2.05) is 6.92 Å². The lowest BCUT2D eigenvalue weighted by Gasteiger charge is -2.33. The van der Waals surface area contributed by atoms with Crippen LogP contribution in [0.1, 0.15) is 30.9 Å². The number of aromatic nitrogens is 1. The lowest BCUT2D eigenvalue weighted by Crippen LogP contribution is -2.35. The number of hydrogen-bond acceptors (Lipinski definition) is 5. The first-order valence-corrected chi connectivity index (χ1v) is 8.83. The van der Waals surface area contributed by atoms with Gasteiger partial charge in [-0.15, -0.1) is 0 Å². The Morgan fingerprint density at radius 2 is 2.00 bits per heavy atom. The highest BCUT2D eigenvalue weighted by atomic mass is 16.5. The number of nitrogen functional groups attached to an aromatic ring is 1. The summed E-state index contributed by atoms with van der Waals surface area (Å²) >= 11 is 0. The van der Waals surface area contributed by atoms with E-state index in [-0.39, 0.29) is 0 Å². The lowest BCUT2D eigenvalue weighted by atomic mass is 9.90. The zero-order valence-corrected chi connectivity index (χ0v) is 14.6. The van der Waals surface area contributed by atoms with Gasteiger partial charge in [-0.05, 0) is 37.7 Å². The fraction of sp³-hybridized carbons (Fsp3) is 0.400. The smallest absolute Gasteiger partial charge is 0.235 e. The van der Waals surface area contributed by atoms with Gasteiger partial charge in [-0.2, -0.15) is 10.2 Å². The molecule has 0 amide bonds. The Balaban J connectivity index is 1.67. The highest BCUT2D eigenvalue weighted by Crippen LogP contribution is 2.30. The number of ether oxygens (including phenoxy) is 1. The second-order valence-corrected chi connectivity index (χ2v) is 6.41. The van der Waals surface area contributed by atoms with Crippen molar-refractivity contribution in [2.45, 2.75) is 26.2 Å². The van der Waals surface area contributed by atoms with Gasteiger partial charge in [-0.1, -0.05) is 30.3 Å². The van der Waals surface area contributed by atoms with Gasteiger partial charge >= 0.3 is 0 Å². The largest absolute Gasteiger partial charge is 0.477 e. The lowest BCUT2D eigenvalue weighted by molar-refractivity contribution is 0.325. The molecule has 1 aromatic heterocycles. The van der Waals surface area contributed by atoms with Crippen molar-refractivity contribution in [3.8, 4) is 11.9 Å². The maximum absolute atomic E-state index is 9.24. The molecule has 0 radical (unpaired) electrons. The normalized spacial score (nSPS) is 15.0. The molecule has 25 heavy (non-hydrogen) atoms. The van der Waals surface area contributed by atoms with E-state index in [0.717, 1.165) is 38.2 Å². The van der Waals surface area contributed by atoms with Gasteiger partial charge in [0, 0.05) is 19.2 Å². The molecule has 3 rings (SSSR count). The Morgan fingerprint density at radius 3 is 2.64 bits per heavy atom. The Kier molecular flexibility index (Phi) is 5.39. The number of nitrogens with zero attached hydrogens (tertiary/aromatic N) is 3. The summed E-state index contributed by atoms with van der Waals surface area (Å²) in [4.78, 5) is 6.77. The molecular formula is C20H24N4O. The standard InChI is InChI=1S/C20H24N4O/c1-2-25-20-17(14-21)18(22)13-19(23-20)24-10-8-16(9-11-24)12-15-6-4-3-5-7-15/h3-7,13,16H,2,8-12H2,1H3,(H2,22,23). The monoisotopic (exact) mass is 336 g/mol. The number of hydrogen-bond donors (Lipinski definition) is 1. The third-order valence-electron chi connectivity index (χ3n) is 4.70. The number of nitriles is 1. The van der Waals surface area contributed by atoms with E-state index in [9.17, 15) is 5.26 Å². The van der Waals surface area contributed by atoms with Gasteiger partial charge in [0.25, 0.3) is 0 Å². The van der Waals surface area contributed by atoms with Crippen molar-refractivity contribution in [3.05, 3.63) is 47.5 Å². The van der Waals surface area contributed by atoms with E-state index in [2.05, 4.69) is 46.3 Å². The van der Waals surface area contributed by atoms with E-state index in [1.165, 1.54) is 5.56 Å². The predicted molar refractivity (Wildman–Crippen MR) is 99.6 cm³/mol. The van der Waals surface area contributed by atoms with Crippen LogP contribution < -0.4 is 15.4 Å². The number of anilines is 2. The average molecular weight is 336 g/mol. The molecule has 1 fully saturated rings. The maximum atomic E-state index is 9.24. The fourth-order valence-corrected chi connectivity index (χ4v) is 3.36. The summed E-state index contributed by atoms with van der Waals surface area (Å²) in [5, 5.41) is 9.24. The Morgan fingerprint density at radius 1 is 1.28 bits per heavy atom. The van der Waals surface area contributed by atoms with Crippen LogP contribution in [0.25, 0.3) is 0 Å². The van der Waals surface area contributed by atoms with Crippen molar-refractivity contribution in [1.82, 2.24) is 4.98 Å². The summed E-state index contributed by atoms with van der Waals surface area (Å²) < 4.78 is 5.50. The van der Waals surface area contributed by atoms with Crippen molar-refractivity contribution in [3.63, 3.8) is 0 Å². The topological polar surface area (TPSA) is 75.2 Å². The Bertz CT molecular complexity index is 746. The van der Waals surface area contributed by atoms with Gasteiger partial charge in [-0.25, -0.2) is 0 Å². The highest BCUT2D eigenvalue weighted by molar-refractivity contribution is 5.64. The maximum Gasteiger partial charge on any atom is 0.235 e. The molecule has 2 heterocycles. The van der Waals surface area contributed by atoms with Crippen LogP contribution >= 0.6 is 0 Å². The number of pyridine rings is 1. The second-order valence-electron chi connectivity index (χ2n) is 6.41. The van der Waals surface area contributed by atoms with Crippen LogP contribution in [0.2, 0.25) is 0 Å². The molecule has 5 heteroatoms. The molecule has 0 atom stereocenters. The average Bonchev–Trinajstić information content (AvgIpc) is 2.63. The summed E-state index contributed by atoms with van der Waals surface area (Å²) in [6.45, 7) is 4.23. The summed E-state index contributed by atoms with van der Waals surface area (Å²) in [6.07, 6.45) is 3.38. The predicted octanol–water partition coefficient (Wildman–Crippen LogP) is 3.39. The van der Waals surface area contributed by atoms with E-state index >= 15 is 0 Å². The van der Waals surface area contributed by atoms with Gasteiger partial charge in [0.15, 0.2) is 0 Å². The van der Waals surface area contributed by atoms with Crippen LogP contribution in [0.5, 0.6) is 5.88 Å². The molecule has 5 nitrogen and oxygen atoms in total. The molecule has 1 aliphatic heterocycles. The van der Waals surface area contributed by atoms with Gasteiger partial charge in [0.05, 0.1) is 12.3 Å². The van der Waals surface area contributed by atoms with Gasteiger partial charge in [-0.3, -0.25) is 0 Å². The summed E-state index contributed by atoms with van der Waals surface area (Å²) in [5.74, 6) is 1.84. The van der Waals surface area contributed by atoms with Crippen molar-refractivity contribution in [2.75, 3.05) is 30.3 Å². The summed E-state index contributed by atoms with van der Waals surface area (Å²) in [5.41, 5.74) is 8.19. The third-order valence-corrected chi connectivity index (χ3v) is 4.70. The summed E-state index contributed by atoms with van der Waals surface area (Å²) in [6, 6.07) is 14.5. The summed E-state index contributed by atoms with van der Waals surface area (Å²) in [7, 11) is 0. The molecule has 0 unspecified atom stereocenters. The first kappa shape index (κ1) is 17.1. The molecule has 130 valence electrons. The first-order chi connectivity index (χ1) is 12.2. The zero-order chi connectivity index (χ0) is 17.6. The van der Waals surface area contributed by atoms with Crippen LogP contribution in [-0.2, 0) is 6.42 Å². The molecule has 1 aromatic carbocycles. The molecule has 0 saturated carbocycles. The highest BCUT2D eigenvalue weighted by Gasteiger charge is 2.22. The SMILES string of the molecule is CCOc1nc(N2CCC(Cc3ccccc3)CC2)cc(N)c1C#N. The van der Waals surface area contributed by atoms with Crippen molar-refractivity contribution >= 4 is 11.5 Å². The van der Waals surface area contributed by atoms with Gasteiger partial charge in [0.1, 0.15) is 17.5 Å². The Labute approximate surface area is 149 Å². The van der Waals surface area contributed by atoms with Gasteiger partial charge < -0.3 is 15.4 Å². The number of benzene rings is 1. The van der Waals surface area contributed by atoms with Crippen LogP contribution in [-0.4, -0.2) is 24.7 Å². The number of nitrogens with two attached hydrogens (primary N) is 1. The number of piperidine rings is 1. The molecule has 0 bridgehead atoms. The minimum atomic E-state index is 0.324. The number of rotatable bonds is 5. The third kappa shape index (κ3) is 4.03. The van der Waals surface area contributed by atoms with E-state index < -0.39 is 0 Å². The minimum absolute atomic E-state index is 0.324. The second kappa shape index (κ2) is 7.89. The molecule has 1 saturated heterocycles. The molecule has 0 spiro atoms. The zero-order valence-electron chi connectivity index (χ0n) is 14.6. The molecule has 2 N–H and O–H groups in total. The molecule has 2 aromatic rings. The van der Waals surface area contributed by atoms with Crippen LogP contribution in [0, 0.1) is 17.2 Å². The van der Waals surface area contributed by atoms with Crippen molar-refractivity contribution < 1.29 is 4.74 Å². The molecular weight excluding hydrogens is 312 g/mol. The van der Waals surface area contributed by atoms with Crippen LogP contribution in [0.3, 0.4) is 0 Å². The quantitative estimate of drug-likeness (QED) is 0.906. The Hall–Kier alpha value is -2.74. The van der Waals surface area contributed by atoms with Crippen molar-refractivity contribution in [2.24, 2.45) is 5.92 Å². The van der Waals surface area contributed by atoms with Crippen molar-refractivity contribution in [1.29, 1.82) is 5.26 Å². The first-order valence-electron chi connectivity index (χ1n) is 8.83. The fourth-order valence-electron chi connectivity index (χ4n) is 3.36. The minimum Gasteiger partial charge on any atom is -0.477 e. The van der Waals surface area contributed by atoms with E-state index in [4.69, 9.17) is 10.5 Å².